The molecule has 0 aromatic carbocycles. The summed E-state index contributed by atoms with van der Waals surface area (Å²) in [4.78, 5) is 33.3. The van der Waals surface area contributed by atoms with E-state index in [0.29, 0.717) is 25.3 Å². The maximum absolute atomic E-state index is 11.5. The Kier molecular flexibility index (Phi) is 27.0. The number of hydrogen-bond donors (Lipinski definition) is 4. The second-order valence-corrected chi connectivity index (χ2v) is 11.0. The zero-order chi connectivity index (χ0) is 25.8. The van der Waals surface area contributed by atoms with Gasteiger partial charge in [-0.2, -0.15) is 24.4 Å². The maximum atomic E-state index is 11.5. The Morgan fingerprint density at radius 2 is 0.914 bits per heavy atom. The summed E-state index contributed by atoms with van der Waals surface area (Å²) in [7, 11) is 0. The Morgan fingerprint density at radius 3 is 1.31 bits per heavy atom. The third kappa shape index (κ3) is 27.5. The van der Waals surface area contributed by atoms with Crippen molar-refractivity contribution in [2.45, 2.75) is 122 Å². The minimum absolute atomic E-state index is 0.325. The van der Waals surface area contributed by atoms with Crippen LogP contribution < -0.4 is 10.6 Å². The molecule has 0 saturated carbocycles. The summed E-state index contributed by atoms with van der Waals surface area (Å²) < 4.78 is 0. The fourth-order valence-corrected chi connectivity index (χ4v) is 4.95. The van der Waals surface area contributed by atoms with E-state index in [1.165, 1.54) is 103 Å². The first kappa shape index (κ1) is 34.1. The van der Waals surface area contributed by atoms with Crippen LogP contribution in [0, 0.1) is 0 Å². The van der Waals surface area contributed by atoms with Crippen LogP contribution in [0.3, 0.4) is 0 Å². The fraction of sp³-hybridized carbons (Fsp3) is 0.889. The van der Waals surface area contributed by atoms with Crippen LogP contribution in [0.5, 0.6) is 0 Å². The van der Waals surface area contributed by atoms with Crippen LogP contribution in [0.25, 0.3) is 0 Å². The van der Waals surface area contributed by atoms with Crippen molar-refractivity contribution in [1.82, 2.24) is 10.6 Å². The Labute approximate surface area is 224 Å². The van der Waals surface area contributed by atoms with Gasteiger partial charge in [0.15, 0.2) is 0 Å². The molecule has 2 amide bonds. The van der Waals surface area contributed by atoms with Gasteiger partial charge in [-0.3, -0.25) is 14.4 Å². The van der Waals surface area contributed by atoms with Crippen LogP contribution in [0.4, 0.5) is 0 Å². The van der Waals surface area contributed by atoms with E-state index in [2.05, 4.69) is 23.3 Å². The number of thiol groups is 1. The van der Waals surface area contributed by atoms with Crippen LogP contribution >= 0.6 is 24.4 Å². The number of carbonyl (C=O) groups is 3. The molecule has 0 radical (unpaired) electrons. The fourth-order valence-electron chi connectivity index (χ4n) is 3.98. The summed E-state index contributed by atoms with van der Waals surface area (Å²) in [6.45, 7) is 0.947. The number of unbranched alkanes of at least 4 members (excludes halogenated alkanes) is 17. The van der Waals surface area contributed by atoms with Crippen LogP contribution in [-0.2, 0) is 14.4 Å². The number of carboxylic acids is 1. The zero-order valence-corrected chi connectivity index (χ0v) is 23.7. The summed E-state index contributed by atoms with van der Waals surface area (Å²) in [6, 6.07) is 0. The van der Waals surface area contributed by atoms with Gasteiger partial charge < -0.3 is 15.7 Å². The van der Waals surface area contributed by atoms with Crippen molar-refractivity contribution < 1.29 is 19.5 Å². The van der Waals surface area contributed by atoms with Crippen LogP contribution in [0.15, 0.2) is 0 Å². The van der Waals surface area contributed by atoms with E-state index in [1.54, 1.807) is 0 Å². The molecule has 0 aromatic heterocycles. The Morgan fingerprint density at radius 1 is 0.543 bits per heavy atom. The van der Waals surface area contributed by atoms with Crippen LogP contribution in [0.2, 0.25) is 0 Å². The topological polar surface area (TPSA) is 95.5 Å². The lowest BCUT2D eigenvalue weighted by Gasteiger charge is -2.06. The molecule has 0 aliphatic heterocycles. The van der Waals surface area contributed by atoms with Gasteiger partial charge in [-0.05, 0) is 18.6 Å². The summed E-state index contributed by atoms with van der Waals surface area (Å²) in [5, 5.41) is 13.8. The lowest BCUT2D eigenvalue weighted by Crippen LogP contribution is -2.41. The molecule has 0 aromatic rings. The van der Waals surface area contributed by atoms with Crippen LogP contribution in [0.1, 0.15) is 122 Å². The van der Waals surface area contributed by atoms with Crippen molar-refractivity contribution in [3.63, 3.8) is 0 Å². The van der Waals surface area contributed by atoms with Gasteiger partial charge in [-0.1, -0.05) is 103 Å². The first-order valence-corrected chi connectivity index (χ1v) is 15.8. The van der Waals surface area contributed by atoms with Gasteiger partial charge in [0.05, 0.1) is 0 Å². The molecule has 0 aliphatic carbocycles. The molecule has 0 bridgehead atoms. The number of nitrogens with one attached hydrogen (secondary N) is 2. The summed E-state index contributed by atoms with van der Waals surface area (Å²) in [6.07, 6.45) is 23.5. The SMILES string of the molecule is O=C(O)CCCCCCCCCCCCCCCCCCCCSCCNC(=O)C(=O)NCCS. The average molecular weight is 533 g/mol. The molecule has 206 valence electrons. The second kappa shape index (κ2) is 27.7. The number of amides is 2. The largest absolute Gasteiger partial charge is 0.481 e. The highest BCUT2D eigenvalue weighted by atomic mass is 32.2. The van der Waals surface area contributed by atoms with Gasteiger partial charge in [0.2, 0.25) is 0 Å². The number of thioether (sulfide) groups is 1. The van der Waals surface area contributed by atoms with E-state index in [0.717, 1.165) is 24.3 Å². The Balaban J connectivity index is 3.14. The molecule has 0 rings (SSSR count). The average Bonchev–Trinajstić information content (AvgIpc) is 2.84. The first-order valence-electron chi connectivity index (χ1n) is 14.0. The highest BCUT2D eigenvalue weighted by molar-refractivity contribution is 7.99. The van der Waals surface area contributed by atoms with Crippen molar-refractivity contribution in [3.8, 4) is 0 Å². The zero-order valence-electron chi connectivity index (χ0n) is 22.0. The Hall–Kier alpha value is -0.890. The summed E-state index contributed by atoms with van der Waals surface area (Å²) >= 11 is 5.83. The van der Waals surface area contributed by atoms with E-state index in [9.17, 15) is 14.4 Å². The molecular formula is C27H52N2O4S2. The molecule has 0 unspecified atom stereocenters. The van der Waals surface area contributed by atoms with Gasteiger partial charge in [-0.15, -0.1) is 0 Å². The smallest absolute Gasteiger partial charge is 0.309 e. The van der Waals surface area contributed by atoms with Gasteiger partial charge in [0.1, 0.15) is 0 Å². The predicted molar refractivity (Wildman–Crippen MR) is 153 cm³/mol. The summed E-state index contributed by atoms with van der Waals surface area (Å²) in [5.41, 5.74) is 0. The third-order valence-electron chi connectivity index (χ3n) is 6.06. The van der Waals surface area contributed by atoms with E-state index in [4.69, 9.17) is 5.11 Å². The molecule has 8 heteroatoms. The predicted octanol–water partition coefficient (Wildman–Crippen LogP) is 6.38. The van der Waals surface area contributed by atoms with Crippen molar-refractivity contribution in [2.75, 3.05) is 30.3 Å². The van der Waals surface area contributed by atoms with Crippen molar-refractivity contribution in [1.29, 1.82) is 0 Å². The quantitative estimate of drug-likeness (QED) is 0.0589. The monoisotopic (exact) mass is 532 g/mol. The highest BCUT2D eigenvalue weighted by Gasteiger charge is 2.10. The molecule has 35 heavy (non-hydrogen) atoms. The second-order valence-electron chi connectivity index (χ2n) is 9.36. The molecule has 0 atom stereocenters. The van der Waals surface area contributed by atoms with E-state index in [-0.39, 0.29) is 0 Å². The van der Waals surface area contributed by atoms with Crippen molar-refractivity contribution >= 4 is 42.2 Å². The molecular weight excluding hydrogens is 480 g/mol. The number of aliphatic carboxylic acids is 1. The van der Waals surface area contributed by atoms with Gasteiger partial charge >= 0.3 is 17.8 Å². The van der Waals surface area contributed by atoms with E-state index < -0.39 is 17.8 Å². The molecule has 0 spiro atoms. The summed E-state index contributed by atoms with van der Waals surface area (Å²) in [5.74, 6) is 0.699. The highest BCUT2D eigenvalue weighted by Crippen LogP contribution is 2.15. The van der Waals surface area contributed by atoms with Crippen molar-refractivity contribution in [2.24, 2.45) is 0 Å². The van der Waals surface area contributed by atoms with Gasteiger partial charge in [0, 0.05) is 31.0 Å². The maximum Gasteiger partial charge on any atom is 0.309 e. The molecule has 0 saturated heterocycles. The number of hydrogen-bond acceptors (Lipinski definition) is 5. The molecule has 3 N–H and O–H groups in total. The molecule has 6 nitrogen and oxygen atoms in total. The molecule has 0 fully saturated rings. The minimum Gasteiger partial charge on any atom is -0.481 e. The number of rotatable bonds is 26. The lowest BCUT2D eigenvalue weighted by molar-refractivity contribution is -0.139. The van der Waals surface area contributed by atoms with Gasteiger partial charge in [0.25, 0.3) is 0 Å². The lowest BCUT2D eigenvalue weighted by atomic mass is 10.0. The minimum atomic E-state index is -0.668. The van der Waals surface area contributed by atoms with Crippen molar-refractivity contribution in [3.05, 3.63) is 0 Å². The molecule has 0 heterocycles. The van der Waals surface area contributed by atoms with E-state index >= 15 is 0 Å². The van der Waals surface area contributed by atoms with Gasteiger partial charge in [-0.25, -0.2) is 0 Å². The Bertz CT molecular complexity index is 521. The standard InChI is InChI=1S/C27H52N2O4S2/c30-25(31)19-17-15-13-11-9-7-5-3-1-2-4-6-8-10-12-14-16-18-23-35-24-21-29-27(33)26(32)28-20-22-34/h34H,1-24H2,(H,28,32)(H,29,33)(H,30,31). The first-order chi connectivity index (χ1) is 17.1. The van der Waals surface area contributed by atoms with Crippen LogP contribution in [-0.4, -0.2) is 53.2 Å². The van der Waals surface area contributed by atoms with E-state index in [1.807, 2.05) is 11.8 Å². The number of carboxylic acid groups (broad SMARTS) is 1. The third-order valence-corrected chi connectivity index (χ3v) is 7.36. The molecule has 0 aliphatic rings. The normalized spacial score (nSPS) is 10.9. The number of carbonyl (C=O) groups excluding carboxylic acids is 2.